The van der Waals surface area contributed by atoms with Gasteiger partial charge in [0.1, 0.15) is 13.2 Å². The number of nitrogens with one attached hydrogen (secondary N) is 1. The standard InChI is InChI=1S/C19H18FN3O3S.C12H12FN3O/c1-13-3-7-15(8-4-13)12-26-19-21-11-17(20)18(22-19)23-27(24,25)16-9-5-14(2)6-10-16;1-8-2-4-9(5-3-8)7-17-12-15-6-10(13)11(14)16-12/h3-11H,12H2,1-2H3,(H,21,22,23);2-6H,7H2,1H3,(H2,14,15,16). The average molecular weight is 621 g/mol. The molecule has 0 aliphatic heterocycles. The normalized spacial score (nSPS) is 10.8. The van der Waals surface area contributed by atoms with E-state index < -0.39 is 27.5 Å². The SMILES string of the molecule is Cc1ccc(COc2ncc(F)c(N)n2)cc1.Cc1ccc(COc2ncc(F)c(NS(=O)(=O)c3ccc(C)cc3)n2)cc1. The molecule has 3 aromatic carbocycles. The van der Waals surface area contributed by atoms with Crippen molar-refractivity contribution in [3.8, 4) is 12.0 Å². The zero-order valence-electron chi connectivity index (χ0n) is 24.2. The van der Waals surface area contributed by atoms with Crippen molar-refractivity contribution in [3.05, 3.63) is 125 Å². The summed E-state index contributed by atoms with van der Waals surface area (Å²) < 4.78 is 64.5. The van der Waals surface area contributed by atoms with Crippen LogP contribution in [0.4, 0.5) is 20.4 Å². The second-order valence-electron chi connectivity index (χ2n) is 9.70. The fraction of sp³-hybridized carbons (Fsp3) is 0.161. The molecule has 0 amide bonds. The maximum atomic E-state index is 14.0. The Kier molecular flexibility index (Phi) is 10.3. The number of hydrogen-bond donors (Lipinski definition) is 2. The van der Waals surface area contributed by atoms with E-state index in [1.54, 1.807) is 12.1 Å². The van der Waals surface area contributed by atoms with Gasteiger partial charge >= 0.3 is 12.0 Å². The van der Waals surface area contributed by atoms with E-state index in [-0.39, 0.29) is 29.3 Å². The van der Waals surface area contributed by atoms with Crippen LogP contribution < -0.4 is 19.9 Å². The molecule has 3 N–H and O–H groups in total. The fourth-order valence-corrected chi connectivity index (χ4v) is 4.50. The summed E-state index contributed by atoms with van der Waals surface area (Å²) in [6.45, 7) is 6.32. The summed E-state index contributed by atoms with van der Waals surface area (Å²) in [4.78, 5) is 14.9. The molecule has 5 aromatic rings. The van der Waals surface area contributed by atoms with Crippen molar-refractivity contribution in [1.82, 2.24) is 19.9 Å². The van der Waals surface area contributed by atoms with Crippen LogP contribution in [0.2, 0.25) is 0 Å². The van der Waals surface area contributed by atoms with E-state index in [0.29, 0.717) is 6.61 Å². The smallest absolute Gasteiger partial charge is 0.318 e. The van der Waals surface area contributed by atoms with E-state index in [2.05, 4.69) is 24.7 Å². The summed E-state index contributed by atoms with van der Waals surface area (Å²) in [6.07, 6.45) is 1.86. The van der Waals surface area contributed by atoms with Crippen molar-refractivity contribution < 1.29 is 26.7 Å². The third-order valence-electron chi connectivity index (χ3n) is 6.01. The number of ether oxygens (including phenoxy) is 2. The third kappa shape index (κ3) is 9.16. The van der Waals surface area contributed by atoms with Gasteiger partial charge in [-0.1, -0.05) is 77.4 Å². The van der Waals surface area contributed by atoms with Crippen LogP contribution in [0.1, 0.15) is 27.8 Å². The first-order valence-corrected chi connectivity index (χ1v) is 14.7. The number of halogens is 2. The topological polar surface area (TPSA) is 142 Å². The van der Waals surface area contributed by atoms with Crippen LogP contribution in [-0.4, -0.2) is 28.4 Å². The van der Waals surface area contributed by atoms with E-state index in [9.17, 15) is 17.2 Å². The summed E-state index contributed by atoms with van der Waals surface area (Å²) in [7, 11) is -3.98. The van der Waals surface area contributed by atoms with Crippen LogP contribution in [0.15, 0.2) is 90.1 Å². The van der Waals surface area contributed by atoms with Gasteiger partial charge in [0.25, 0.3) is 10.0 Å². The number of benzene rings is 3. The first-order valence-electron chi connectivity index (χ1n) is 13.3. The van der Waals surface area contributed by atoms with E-state index in [4.69, 9.17) is 15.2 Å². The van der Waals surface area contributed by atoms with Crippen LogP contribution in [0.5, 0.6) is 12.0 Å². The molecule has 5 rings (SSSR count). The highest BCUT2D eigenvalue weighted by Gasteiger charge is 2.18. The van der Waals surface area contributed by atoms with Crippen LogP contribution in [0.25, 0.3) is 0 Å². The number of hydrogen-bond acceptors (Lipinski definition) is 9. The summed E-state index contributed by atoms with van der Waals surface area (Å²) in [5, 5.41) is 0. The molecule has 10 nitrogen and oxygen atoms in total. The Morgan fingerprint density at radius 1 is 0.682 bits per heavy atom. The van der Waals surface area contributed by atoms with Gasteiger partial charge in [-0.3, -0.25) is 4.72 Å². The molecule has 44 heavy (non-hydrogen) atoms. The number of sulfonamides is 1. The number of rotatable bonds is 9. The molecule has 0 saturated carbocycles. The number of aromatic nitrogens is 4. The van der Waals surface area contributed by atoms with Gasteiger partial charge in [-0.2, -0.15) is 9.97 Å². The first-order chi connectivity index (χ1) is 21.0. The van der Waals surface area contributed by atoms with Crippen LogP contribution >= 0.6 is 0 Å². The molecule has 0 aliphatic rings. The predicted molar refractivity (Wildman–Crippen MR) is 161 cm³/mol. The van der Waals surface area contributed by atoms with Crippen molar-refractivity contribution in [2.45, 2.75) is 38.9 Å². The van der Waals surface area contributed by atoms with E-state index in [1.165, 1.54) is 17.7 Å². The maximum absolute atomic E-state index is 14.0. The molecule has 0 spiro atoms. The van der Waals surface area contributed by atoms with Crippen LogP contribution in [0, 0.1) is 32.4 Å². The van der Waals surface area contributed by atoms with Crippen LogP contribution in [-0.2, 0) is 23.2 Å². The Morgan fingerprint density at radius 2 is 1.11 bits per heavy atom. The molecule has 0 aliphatic carbocycles. The van der Waals surface area contributed by atoms with Gasteiger partial charge in [0.05, 0.1) is 17.3 Å². The monoisotopic (exact) mass is 620 g/mol. The summed E-state index contributed by atoms with van der Waals surface area (Å²) >= 11 is 0. The Balaban J connectivity index is 0.000000223. The van der Waals surface area contributed by atoms with Crippen molar-refractivity contribution in [3.63, 3.8) is 0 Å². The number of nitrogens with two attached hydrogens (primary N) is 1. The minimum Gasteiger partial charge on any atom is -0.459 e. The lowest BCUT2D eigenvalue weighted by Gasteiger charge is -2.10. The third-order valence-corrected chi connectivity index (χ3v) is 7.37. The highest BCUT2D eigenvalue weighted by atomic mass is 32.2. The molecule has 0 unspecified atom stereocenters. The first kappa shape index (κ1) is 31.8. The number of nitrogens with zero attached hydrogens (tertiary/aromatic N) is 4. The lowest BCUT2D eigenvalue weighted by atomic mass is 10.2. The Labute approximate surface area is 254 Å². The molecule has 0 fully saturated rings. The quantitative estimate of drug-likeness (QED) is 0.212. The molecule has 228 valence electrons. The Bertz CT molecular complexity index is 1810. The minimum atomic E-state index is -3.98. The van der Waals surface area contributed by atoms with Gasteiger partial charge < -0.3 is 15.2 Å². The Morgan fingerprint density at radius 3 is 1.59 bits per heavy atom. The highest BCUT2D eigenvalue weighted by molar-refractivity contribution is 7.92. The van der Waals surface area contributed by atoms with Gasteiger partial charge in [0.2, 0.25) is 0 Å². The van der Waals surface area contributed by atoms with E-state index >= 15 is 0 Å². The van der Waals surface area contributed by atoms with Gasteiger partial charge in [0, 0.05) is 0 Å². The van der Waals surface area contributed by atoms with Crippen LogP contribution in [0.3, 0.4) is 0 Å². The Hall–Kier alpha value is -5.17. The van der Waals surface area contributed by atoms with E-state index in [1.807, 2.05) is 69.3 Å². The molecule has 13 heteroatoms. The molecular formula is C31H30F2N6O4S. The summed E-state index contributed by atoms with van der Waals surface area (Å²) in [5.41, 5.74) is 10.4. The molecule has 0 bridgehead atoms. The molecule has 2 aromatic heterocycles. The van der Waals surface area contributed by atoms with Gasteiger partial charge in [-0.05, 0) is 44.0 Å². The zero-order valence-corrected chi connectivity index (χ0v) is 25.0. The van der Waals surface area contributed by atoms with Crippen molar-refractivity contribution in [1.29, 1.82) is 0 Å². The number of nitrogen functional groups attached to an aromatic ring is 1. The largest absolute Gasteiger partial charge is 0.459 e. The second-order valence-corrected chi connectivity index (χ2v) is 11.4. The van der Waals surface area contributed by atoms with Crippen molar-refractivity contribution >= 4 is 21.7 Å². The fourth-order valence-electron chi connectivity index (χ4n) is 3.49. The van der Waals surface area contributed by atoms with Gasteiger partial charge in [-0.25, -0.2) is 27.2 Å². The van der Waals surface area contributed by atoms with Crippen molar-refractivity contribution in [2.75, 3.05) is 10.5 Å². The highest BCUT2D eigenvalue weighted by Crippen LogP contribution is 2.20. The predicted octanol–water partition coefficient (Wildman–Crippen LogP) is 5.70. The lowest BCUT2D eigenvalue weighted by molar-refractivity contribution is 0.280. The number of anilines is 2. The average Bonchev–Trinajstić information content (AvgIpc) is 3.00. The lowest BCUT2D eigenvalue weighted by Crippen LogP contribution is -2.16. The van der Waals surface area contributed by atoms with Crippen molar-refractivity contribution in [2.24, 2.45) is 0 Å². The second kappa shape index (κ2) is 14.3. The van der Waals surface area contributed by atoms with E-state index in [0.717, 1.165) is 34.6 Å². The maximum Gasteiger partial charge on any atom is 0.318 e. The summed E-state index contributed by atoms with van der Waals surface area (Å²) in [5.74, 6) is -2.22. The molecule has 0 radical (unpaired) electrons. The molecule has 0 atom stereocenters. The van der Waals surface area contributed by atoms with Gasteiger partial charge in [0.15, 0.2) is 23.3 Å². The van der Waals surface area contributed by atoms with Gasteiger partial charge in [-0.15, -0.1) is 0 Å². The minimum absolute atomic E-state index is 0.00763. The summed E-state index contributed by atoms with van der Waals surface area (Å²) in [6, 6.07) is 21.6. The molecular weight excluding hydrogens is 590 g/mol. The number of aryl methyl sites for hydroxylation is 3. The zero-order chi connectivity index (χ0) is 31.7. The molecule has 2 heterocycles. The molecule has 0 saturated heterocycles.